The quantitative estimate of drug-likeness (QED) is 0.751. The van der Waals surface area contributed by atoms with Gasteiger partial charge in [-0.3, -0.25) is 4.79 Å². The number of hydrogen-bond acceptors (Lipinski definition) is 5. The Hall–Kier alpha value is -1.41. The number of ether oxygens (including phenoxy) is 1. The average Bonchev–Trinajstić information content (AvgIpc) is 2.86. The molecule has 0 radical (unpaired) electrons. The summed E-state index contributed by atoms with van der Waals surface area (Å²) in [5.41, 5.74) is 0. The van der Waals surface area contributed by atoms with Gasteiger partial charge in [0, 0.05) is 26.3 Å². The van der Waals surface area contributed by atoms with Gasteiger partial charge in [0.1, 0.15) is 0 Å². The first-order valence-electron chi connectivity index (χ1n) is 6.60. The zero-order valence-corrected chi connectivity index (χ0v) is 12.5. The number of carbonyl (C=O) groups excluding carboxylic acids is 1. The van der Waals surface area contributed by atoms with Crippen LogP contribution in [0.1, 0.15) is 19.8 Å². The lowest BCUT2D eigenvalue weighted by Crippen LogP contribution is -2.42. The van der Waals surface area contributed by atoms with Crippen molar-refractivity contribution < 1.29 is 17.9 Å². The van der Waals surface area contributed by atoms with E-state index in [0.717, 1.165) is 0 Å². The van der Waals surface area contributed by atoms with E-state index in [-0.39, 0.29) is 23.5 Å². The summed E-state index contributed by atoms with van der Waals surface area (Å²) in [7, 11) is -1.92. The maximum absolute atomic E-state index is 12.4. The largest absolute Gasteiger partial charge is 0.466 e. The summed E-state index contributed by atoms with van der Waals surface area (Å²) >= 11 is 0. The standard InChI is InChI=1S/C12H19N3O4S/c1-3-19-12(16)10-5-4-6-15(7-10)20(17,18)11-8-14(2)9-13-11/h8-10H,3-7H2,1-2H3/t10-/m1/s1. The maximum Gasteiger partial charge on any atom is 0.310 e. The molecule has 0 unspecified atom stereocenters. The fraction of sp³-hybridized carbons (Fsp3) is 0.667. The van der Waals surface area contributed by atoms with Crippen LogP contribution in [0.4, 0.5) is 0 Å². The minimum atomic E-state index is -3.63. The molecule has 2 rings (SSSR count). The monoisotopic (exact) mass is 301 g/mol. The predicted molar refractivity (Wildman–Crippen MR) is 71.3 cm³/mol. The molecule has 0 aliphatic carbocycles. The highest BCUT2D eigenvalue weighted by Gasteiger charge is 2.34. The van der Waals surface area contributed by atoms with Gasteiger partial charge in [-0.1, -0.05) is 0 Å². The Morgan fingerprint density at radius 3 is 2.90 bits per heavy atom. The first-order chi connectivity index (χ1) is 9.45. The van der Waals surface area contributed by atoms with Gasteiger partial charge in [0.15, 0.2) is 5.03 Å². The van der Waals surface area contributed by atoms with Crippen LogP contribution in [0.5, 0.6) is 0 Å². The molecule has 0 spiro atoms. The third-order valence-electron chi connectivity index (χ3n) is 3.29. The summed E-state index contributed by atoms with van der Waals surface area (Å²) in [4.78, 5) is 15.6. The van der Waals surface area contributed by atoms with Gasteiger partial charge in [0.25, 0.3) is 10.0 Å². The number of aryl methyl sites for hydroxylation is 1. The third-order valence-corrected chi connectivity index (χ3v) is 5.04. The molecule has 0 aromatic carbocycles. The Morgan fingerprint density at radius 2 is 2.30 bits per heavy atom. The summed E-state index contributed by atoms with van der Waals surface area (Å²) in [6, 6.07) is 0. The number of sulfonamides is 1. The van der Waals surface area contributed by atoms with Gasteiger partial charge in [0.2, 0.25) is 0 Å². The van der Waals surface area contributed by atoms with Crippen LogP contribution in [0.25, 0.3) is 0 Å². The van der Waals surface area contributed by atoms with Crippen LogP contribution in [-0.4, -0.2) is 47.9 Å². The number of hydrogen-bond donors (Lipinski definition) is 0. The first-order valence-corrected chi connectivity index (χ1v) is 8.04. The van der Waals surface area contributed by atoms with Crippen molar-refractivity contribution in [2.45, 2.75) is 24.8 Å². The number of esters is 1. The van der Waals surface area contributed by atoms with Gasteiger partial charge in [-0.25, -0.2) is 13.4 Å². The molecular formula is C12H19N3O4S. The topological polar surface area (TPSA) is 81.5 Å². The second-order valence-electron chi connectivity index (χ2n) is 4.83. The molecule has 1 saturated heterocycles. The van der Waals surface area contributed by atoms with E-state index in [9.17, 15) is 13.2 Å². The fourth-order valence-corrected chi connectivity index (χ4v) is 3.76. The number of nitrogens with zero attached hydrogens (tertiary/aromatic N) is 3. The Bertz CT molecular complexity index is 581. The van der Waals surface area contributed by atoms with E-state index in [1.54, 1.807) is 18.5 Å². The van der Waals surface area contributed by atoms with E-state index < -0.39 is 10.0 Å². The van der Waals surface area contributed by atoms with E-state index in [2.05, 4.69) is 4.98 Å². The van der Waals surface area contributed by atoms with Crippen LogP contribution in [0.2, 0.25) is 0 Å². The molecule has 1 aliphatic rings. The SMILES string of the molecule is CCOC(=O)[C@@H]1CCCN(S(=O)(=O)c2cn(C)cn2)C1. The maximum atomic E-state index is 12.4. The Kier molecular flexibility index (Phi) is 4.44. The lowest BCUT2D eigenvalue weighted by Gasteiger charge is -2.29. The fourth-order valence-electron chi connectivity index (χ4n) is 2.27. The highest BCUT2D eigenvalue weighted by atomic mass is 32.2. The second-order valence-corrected chi connectivity index (χ2v) is 6.72. The van der Waals surface area contributed by atoms with Crippen LogP contribution in [0.15, 0.2) is 17.6 Å². The van der Waals surface area contributed by atoms with Gasteiger partial charge >= 0.3 is 5.97 Å². The molecular weight excluding hydrogens is 282 g/mol. The van der Waals surface area contributed by atoms with Gasteiger partial charge in [-0.2, -0.15) is 4.31 Å². The minimum Gasteiger partial charge on any atom is -0.466 e. The molecule has 0 N–H and O–H groups in total. The first kappa shape index (κ1) is 15.0. The summed E-state index contributed by atoms with van der Waals surface area (Å²) in [5, 5.41) is 0.0181. The molecule has 7 nitrogen and oxygen atoms in total. The van der Waals surface area contributed by atoms with E-state index in [0.29, 0.717) is 26.0 Å². The Balaban J connectivity index is 2.14. The van der Waals surface area contributed by atoms with Crippen molar-refractivity contribution in [3.63, 3.8) is 0 Å². The molecule has 0 bridgehead atoms. The number of piperidine rings is 1. The van der Waals surface area contributed by atoms with Crippen molar-refractivity contribution >= 4 is 16.0 Å². The van der Waals surface area contributed by atoms with E-state index in [1.165, 1.54) is 16.8 Å². The van der Waals surface area contributed by atoms with Gasteiger partial charge in [-0.15, -0.1) is 0 Å². The summed E-state index contributed by atoms with van der Waals surface area (Å²) in [6.45, 7) is 2.62. The molecule has 20 heavy (non-hydrogen) atoms. The molecule has 2 heterocycles. The highest BCUT2D eigenvalue weighted by Crippen LogP contribution is 2.23. The van der Waals surface area contributed by atoms with Crippen molar-refractivity contribution in [2.75, 3.05) is 19.7 Å². The predicted octanol–water partition coefficient (Wildman–Crippen LogP) is 0.384. The number of imidazole rings is 1. The highest BCUT2D eigenvalue weighted by molar-refractivity contribution is 7.89. The minimum absolute atomic E-state index is 0.0181. The number of carbonyl (C=O) groups is 1. The van der Waals surface area contributed by atoms with Crippen molar-refractivity contribution in [3.05, 3.63) is 12.5 Å². The molecule has 8 heteroatoms. The average molecular weight is 301 g/mol. The number of aromatic nitrogens is 2. The smallest absolute Gasteiger partial charge is 0.310 e. The van der Waals surface area contributed by atoms with Crippen LogP contribution in [0, 0.1) is 5.92 Å². The van der Waals surface area contributed by atoms with Gasteiger partial charge < -0.3 is 9.30 Å². The van der Waals surface area contributed by atoms with Crippen molar-refractivity contribution in [2.24, 2.45) is 13.0 Å². The molecule has 1 aromatic heterocycles. The van der Waals surface area contributed by atoms with Crippen LogP contribution in [-0.2, 0) is 26.6 Å². The molecule has 0 saturated carbocycles. The van der Waals surface area contributed by atoms with E-state index in [4.69, 9.17) is 4.74 Å². The number of rotatable bonds is 4. The molecule has 1 fully saturated rings. The summed E-state index contributed by atoms with van der Waals surface area (Å²) in [6.07, 6.45) is 4.21. The van der Waals surface area contributed by atoms with E-state index >= 15 is 0 Å². The molecule has 1 atom stereocenters. The van der Waals surface area contributed by atoms with Crippen LogP contribution >= 0.6 is 0 Å². The zero-order valence-electron chi connectivity index (χ0n) is 11.7. The Morgan fingerprint density at radius 1 is 1.55 bits per heavy atom. The second kappa shape index (κ2) is 5.92. The van der Waals surface area contributed by atoms with Crippen molar-refractivity contribution in [1.29, 1.82) is 0 Å². The normalized spacial score (nSPS) is 20.8. The van der Waals surface area contributed by atoms with Crippen molar-refractivity contribution in [1.82, 2.24) is 13.9 Å². The van der Waals surface area contributed by atoms with Crippen molar-refractivity contribution in [3.8, 4) is 0 Å². The lowest BCUT2D eigenvalue weighted by atomic mass is 10.0. The van der Waals surface area contributed by atoms with Gasteiger partial charge in [-0.05, 0) is 19.8 Å². The van der Waals surface area contributed by atoms with Gasteiger partial charge in [0.05, 0.1) is 18.9 Å². The Labute approximate surface area is 118 Å². The molecule has 0 amide bonds. The summed E-state index contributed by atoms with van der Waals surface area (Å²) < 4.78 is 32.7. The molecule has 112 valence electrons. The molecule has 1 aromatic rings. The van der Waals surface area contributed by atoms with E-state index in [1.807, 2.05) is 0 Å². The lowest BCUT2D eigenvalue weighted by molar-refractivity contribution is -0.149. The molecule has 1 aliphatic heterocycles. The third kappa shape index (κ3) is 3.01. The van der Waals surface area contributed by atoms with Crippen LogP contribution < -0.4 is 0 Å². The zero-order chi connectivity index (χ0) is 14.8. The summed E-state index contributed by atoms with van der Waals surface area (Å²) in [5.74, 6) is -0.712. The van der Waals surface area contributed by atoms with Crippen LogP contribution in [0.3, 0.4) is 0 Å².